The van der Waals surface area contributed by atoms with Crippen molar-refractivity contribution in [3.63, 3.8) is 0 Å². The molecule has 0 saturated heterocycles. The molecule has 5 nitrogen and oxygen atoms in total. The molecule has 1 atom stereocenters. The Morgan fingerprint density at radius 1 is 1.36 bits per heavy atom. The van der Waals surface area contributed by atoms with Gasteiger partial charge in [-0.25, -0.2) is 9.79 Å². The fourth-order valence-corrected chi connectivity index (χ4v) is 3.70. The second-order valence-electron chi connectivity index (χ2n) is 5.10. The summed E-state index contributed by atoms with van der Waals surface area (Å²) in [6.45, 7) is 0. The van der Waals surface area contributed by atoms with Crippen LogP contribution >= 0.6 is 23.4 Å². The first-order valence-corrected chi connectivity index (χ1v) is 8.37. The quantitative estimate of drug-likeness (QED) is 0.913. The Labute approximate surface area is 137 Å². The van der Waals surface area contributed by atoms with E-state index >= 15 is 0 Å². The van der Waals surface area contributed by atoms with Gasteiger partial charge in [0.25, 0.3) is 0 Å². The van der Waals surface area contributed by atoms with Crippen molar-refractivity contribution >= 4 is 51.7 Å². The second kappa shape index (κ2) is 6.62. The molecule has 0 radical (unpaired) electrons. The van der Waals surface area contributed by atoms with Crippen LogP contribution in [-0.2, 0) is 4.79 Å². The zero-order valence-corrected chi connectivity index (χ0v) is 13.3. The van der Waals surface area contributed by atoms with Crippen LogP contribution in [0.15, 0.2) is 34.3 Å². The summed E-state index contributed by atoms with van der Waals surface area (Å²) < 4.78 is 0. The van der Waals surface area contributed by atoms with Gasteiger partial charge in [-0.15, -0.1) is 0 Å². The van der Waals surface area contributed by atoms with Crippen LogP contribution in [0, 0.1) is 5.92 Å². The van der Waals surface area contributed by atoms with Gasteiger partial charge in [0, 0.05) is 11.6 Å². The summed E-state index contributed by atoms with van der Waals surface area (Å²) in [7, 11) is 0. The first-order chi connectivity index (χ1) is 10.6. The molecule has 1 heterocycles. The fourth-order valence-electron chi connectivity index (χ4n) is 2.57. The first kappa shape index (κ1) is 15.2. The molecular weight excluding hydrogens is 322 g/mol. The third-order valence-corrected chi connectivity index (χ3v) is 4.98. The molecule has 1 aliphatic heterocycles. The molecule has 1 unspecified atom stereocenters. The Morgan fingerprint density at radius 3 is 3.00 bits per heavy atom. The molecule has 7 heteroatoms. The summed E-state index contributed by atoms with van der Waals surface area (Å²) in [6, 6.07) is 6.61. The number of thioether (sulfide) groups is 1. The van der Waals surface area contributed by atoms with Crippen LogP contribution in [0.1, 0.15) is 19.3 Å². The Hall–Kier alpha value is -1.66. The number of nitrogens with one attached hydrogen (secondary N) is 1. The molecule has 1 aromatic carbocycles. The number of amides is 3. The third-order valence-electron chi connectivity index (χ3n) is 3.57. The minimum absolute atomic E-state index is 0.121. The van der Waals surface area contributed by atoms with Crippen LogP contribution in [0.25, 0.3) is 0 Å². The number of halogens is 1. The predicted octanol–water partition coefficient (Wildman–Crippen LogP) is 3.78. The molecule has 1 aromatic rings. The zero-order valence-electron chi connectivity index (χ0n) is 11.7. The molecule has 3 amide bonds. The molecule has 1 saturated carbocycles. The van der Waals surface area contributed by atoms with E-state index in [1.54, 1.807) is 24.3 Å². The van der Waals surface area contributed by atoms with Crippen molar-refractivity contribution in [1.29, 1.82) is 0 Å². The number of aliphatic imine (C=N–C) groups is 2. The lowest BCUT2D eigenvalue weighted by Crippen LogP contribution is -2.24. The van der Waals surface area contributed by atoms with E-state index in [1.807, 2.05) is 0 Å². The number of hydrogen-bond acceptors (Lipinski definition) is 3. The summed E-state index contributed by atoms with van der Waals surface area (Å²) in [5.74, 6) is 0.146. The molecular formula is C15H14ClN3O2S. The average Bonchev–Trinajstić information content (AvgIpc) is 2.95. The molecule has 1 aliphatic carbocycles. The largest absolute Gasteiger partial charge is 0.367 e. The summed E-state index contributed by atoms with van der Waals surface area (Å²) in [6.07, 6.45) is 2.81. The van der Waals surface area contributed by atoms with Gasteiger partial charge >= 0.3 is 6.03 Å². The molecule has 1 N–H and O–H groups in total. The van der Waals surface area contributed by atoms with Gasteiger partial charge in [0.2, 0.25) is 5.91 Å². The normalized spacial score (nSPS) is 20.2. The maximum absolute atomic E-state index is 12.0. The Kier molecular flexibility index (Phi) is 4.59. The van der Waals surface area contributed by atoms with E-state index in [9.17, 15) is 9.59 Å². The van der Waals surface area contributed by atoms with Crippen molar-refractivity contribution < 1.29 is 9.59 Å². The zero-order chi connectivity index (χ0) is 15.5. The van der Waals surface area contributed by atoms with Gasteiger partial charge in [-0.1, -0.05) is 35.5 Å². The molecule has 0 aromatic heterocycles. The van der Waals surface area contributed by atoms with Gasteiger partial charge in [0.1, 0.15) is 0 Å². The van der Waals surface area contributed by atoms with Crippen LogP contribution in [0.4, 0.5) is 10.5 Å². The van der Waals surface area contributed by atoms with E-state index in [0.717, 1.165) is 25.0 Å². The number of para-hydroxylation sites is 1. The van der Waals surface area contributed by atoms with Crippen LogP contribution in [0.3, 0.4) is 0 Å². The molecule has 22 heavy (non-hydrogen) atoms. The van der Waals surface area contributed by atoms with Gasteiger partial charge in [0.05, 0.1) is 21.5 Å². The highest BCUT2D eigenvalue weighted by Crippen LogP contribution is 2.31. The predicted molar refractivity (Wildman–Crippen MR) is 90.1 cm³/mol. The molecule has 2 aliphatic rings. The Balaban J connectivity index is 1.59. The number of fused-ring (bicyclic) bond motifs is 1. The van der Waals surface area contributed by atoms with Crippen LogP contribution in [-0.4, -0.2) is 28.4 Å². The van der Waals surface area contributed by atoms with Gasteiger partial charge in [0.15, 0.2) is 0 Å². The molecule has 3 rings (SSSR count). The summed E-state index contributed by atoms with van der Waals surface area (Å²) in [4.78, 5) is 31.4. The van der Waals surface area contributed by atoms with Crippen molar-refractivity contribution in [2.45, 2.75) is 19.3 Å². The highest BCUT2D eigenvalue weighted by Gasteiger charge is 2.32. The van der Waals surface area contributed by atoms with Crippen LogP contribution < -0.4 is 5.32 Å². The summed E-state index contributed by atoms with van der Waals surface area (Å²) in [5, 5.41) is 3.97. The summed E-state index contributed by atoms with van der Waals surface area (Å²) in [5.41, 5.74) is 1.49. The number of carbonyl (C=O) groups is 2. The van der Waals surface area contributed by atoms with Crippen molar-refractivity contribution in [2.75, 3.05) is 11.1 Å². The van der Waals surface area contributed by atoms with Crippen molar-refractivity contribution in [1.82, 2.24) is 0 Å². The lowest BCUT2D eigenvalue weighted by Gasteiger charge is -2.16. The molecule has 114 valence electrons. The van der Waals surface area contributed by atoms with Gasteiger partial charge in [-0.2, -0.15) is 4.99 Å². The fraction of sp³-hybridized carbons (Fsp3) is 0.333. The molecule has 1 fully saturated rings. The number of rotatable bonds is 3. The lowest BCUT2D eigenvalue weighted by molar-refractivity contribution is -0.113. The van der Waals surface area contributed by atoms with E-state index in [2.05, 4.69) is 15.3 Å². The topological polar surface area (TPSA) is 70.9 Å². The Morgan fingerprint density at radius 2 is 2.18 bits per heavy atom. The highest BCUT2D eigenvalue weighted by molar-refractivity contribution is 8.14. The lowest BCUT2D eigenvalue weighted by atomic mass is 10.1. The number of urea groups is 1. The smallest absolute Gasteiger partial charge is 0.324 e. The SMILES string of the molecule is O=C1N=C2CCCC2C(SCC(=O)Nc2ccccc2Cl)=N1. The second-order valence-corrected chi connectivity index (χ2v) is 6.50. The van der Waals surface area contributed by atoms with E-state index < -0.39 is 6.03 Å². The van der Waals surface area contributed by atoms with Crippen molar-refractivity contribution in [2.24, 2.45) is 15.9 Å². The minimum Gasteiger partial charge on any atom is -0.324 e. The number of hydrogen-bond donors (Lipinski definition) is 1. The van der Waals surface area contributed by atoms with Crippen molar-refractivity contribution in [3.8, 4) is 0 Å². The average molecular weight is 336 g/mol. The van der Waals surface area contributed by atoms with Gasteiger partial charge in [-0.3, -0.25) is 4.79 Å². The summed E-state index contributed by atoms with van der Waals surface area (Å²) >= 11 is 7.31. The highest BCUT2D eigenvalue weighted by atomic mass is 35.5. The van der Waals surface area contributed by atoms with Crippen LogP contribution in [0.2, 0.25) is 5.02 Å². The van der Waals surface area contributed by atoms with E-state index in [-0.39, 0.29) is 17.6 Å². The standard InChI is InChI=1S/C15H14ClN3O2S/c16-10-5-1-2-6-12(10)17-13(20)8-22-14-9-4-3-7-11(9)18-15(21)19-14/h1-2,5-6,9H,3-4,7-8H2,(H,17,20). The molecule has 0 spiro atoms. The van der Waals surface area contributed by atoms with Gasteiger partial charge in [-0.05, 0) is 31.4 Å². The van der Waals surface area contributed by atoms with Crippen molar-refractivity contribution in [3.05, 3.63) is 29.3 Å². The number of carbonyl (C=O) groups excluding carboxylic acids is 2. The molecule has 0 bridgehead atoms. The van der Waals surface area contributed by atoms with E-state index in [0.29, 0.717) is 15.8 Å². The minimum atomic E-state index is -0.456. The van der Waals surface area contributed by atoms with Gasteiger partial charge < -0.3 is 5.32 Å². The number of nitrogens with zero attached hydrogens (tertiary/aromatic N) is 2. The maximum atomic E-state index is 12.0. The maximum Gasteiger partial charge on any atom is 0.367 e. The first-order valence-electron chi connectivity index (χ1n) is 7.00. The number of benzene rings is 1. The van der Waals surface area contributed by atoms with E-state index in [1.165, 1.54) is 11.8 Å². The monoisotopic (exact) mass is 335 g/mol. The van der Waals surface area contributed by atoms with Crippen LogP contribution in [0.5, 0.6) is 0 Å². The third kappa shape index (κ3) is 3.39. The Bertz CT molecular complexity index is 687. The number of anilines is 1. The van der Waals surface area contributed by atoms with E-state index in [4.69, 9.17) is 11.6 Å².